The van der Waals surface area contributed by atoms with Crippen LogP contribution in [0.15, 0.2) is 30.3 Å². The monoisotopic (exact) mass is 306 g/mol. The highest BCUT2D eigenvalue weighted by Gasteiger charge is 2.24. The van der Waals surface area contributed by atoms with E-state index < -0.39 is 0 Å². The Bertz CT molecular complexity index is 395. The van der Waals surface area contributed by atoms with E-state index in [0.29, 0.717) is 12.0 Å². The third-order valence-corrected chi connectivity index (χ3v) is 5.75. The van der Waals surface area contributed by atoms with Crippen molar-refractivity contribution in [3.63, 3.8) is 0 Å². The molecular formula is C18H30N2S. The van der Waals surface area contributed by atoms with Gasteiger partial charge >= 0.3 is 0 Å². The molecule has 3 heteroatoms. The maximum atomic E-state index is 3.68. The first-order chi connectivity index (χ1) is 10.2. The van der Waals surface area contributed by atoms with Crippen molar-refractivity contribution in [1.29, 1.82) is 0 Å². The fourth-order valence-electron chi connectivity index (χ4n) is 3.23. The first-order valence-corrected chi connectivity index (χ1v) is 9.41. The largest absolute Gasteiger partial charge is 0.310 e. The molecule has 1 saturated heterocycles. The van der Waals surface area contributed by atoms with Crippen LogP contribution in [0.25, 0.3) is 0 Å². The summed E-state index contributed by atoms with van der Waals surface area (Å²) in [6.07, 6.45) is 1.30. The molecule has 0 spiro atoms. The van der Waals surface area contributed by atoms with E-state index >= 15 is 0 Å². The van der Waals surface area contributed by atoms with Crippen molar-refractivity contribution in [3.8, 4) is 0 Å². The van der Waals surface area contributed by atoms with Crippen molar-refractivity contribution >= 4 is 11.8 Å². The Hall–Kier alpha value is -0.510. The van der Waals surface area contributed by atoms with Gasteiger partial charge in [0.2, 0.25) is 0 Å². The number of nitrogens with zero attached hydrogens (tertiary/aromatic N) is 1. The molecule has 1 aromatic carbocycles. The summed E-state index contributed by atoms with van der Waals surface area (Å²) >= 11 is 2.15. The molecule has 0 amide bonds. The van der Waals surface area contributed by atoms with Gasteiger partial charge in [-0.3, -0.25) is 0 Å². The van der Waals surface area contributed by atoms with E-state index in [1.807, 2.05) is 0 Å². The van der Waals surface area contributed by atoms with E-state index in [4.69, 9.17) is 0 Å². The number of hydrogen-bond donors (Lipinski definition) is 1. The van der Waals surface area contributed by atoms with Crippen molar-refractivity contribution in [2.24, 2.45) is 5.92 Å². The van der Waals surface area contributed by atoms with Crippen molar-refractivity contribution in [2.45, 2.75) is 38.5 Å². The molecule has 1 aromatic rings. The lowest BCUT2D eigenvalue weighted by Crippen LogP contribution is -2.42. The van der Waals surface area contributed by atoms with Gasteiger partial charge < -0.3 is 10.2 Å². The van der Waals surface area contributed by atoms with E-state index in [-0.39, 0.29) is 0 Å². The van der Waals surface area contributed by atoms with Gasteiger partial charge in [-0.1, -0.05) is 51.1 Å². The molecule has 2 nitrogen and oxygen atoms in total. The number of thioether (sulfide) groups is 1. The molecule has 1 N–H and O–H groups in total. The van der Waals surface area contributed by atoms with Crippen LogP contribution in [0.5, 0.6) is 0 Å². The summed E-state index contributed by atoms with van der Waals surface area (Å²) in [5.41, 5.74) is 1.42. The van der Waals surface area contributed by atoms with Crippen molar-refractivity contribution in [2.75, 3.05) is 31.9 Å². The van der Waals surface area contributed by atoms with Crippen LogP contribution < -0.4 is 5.32 Å². The summed E-state index contributed by atoms with van der Waals surface area (Å²) in [4.78, 5) is 2.67. The van der Waals surface area contributed by atoms with Crippen molar-refractivity contribution in [3.05, 3.63) is 35.9 Å². The second kappa shape index (κ2) is 8.82. The van der Waals surface area contributed by atoms with Gasteiger partial charge in [0.25, 0.3) is 0 Å². The summed E-state index contributed by atoms with van der Waals surface area (Å²) in [7, 11) is 0. The van der Waals surface area contributed by atoms with E-state index in [9.17, 15) is 0 Å². The predicted octanol–water partition coefficient (Wildman–Crippen LogP) is 3.80. The molecular weight excluding hydrogens is 276 g/mol. The molecule has 1 heterocycles. The highest BCUT2D eigenvalue weighted by atomic mass is 32.2. The smallest absolute Gasteiger partial charge is 0.0358 e. The molecule has 1 aliphatic heterocycles. The minimum Gasteiger partial charge on any atom is -0.310 e. The van der Waals surface area contributed by atoms with Gasteiger partial charge in [0, 0.05) is 36.7 Å². The van der Waals surface area contributed by atoms with E-state index in [2.05, 4.69) is 73.1 Å². The first kappa shape index (κ1) is 16.9. The molecule has 118 valence electrons. The van der Waals surface area contributed by atoms with E-state index in [0.717, 1.165) is 11.8 Å². The highest BCUT2D eigenvalue weighted by molar-refractivity contribution is 8.00. The summed E-state index contributed by atoms with van der Waals surface area (Å²) in [5.74, 6) is 1.93. The van der Waals surface area contributed by atoms with Crippen LogP contribution >= 0.6 is 11.8 Å². The number of hydrogen-bond acceptors (Lipinski definition) is 3. The summed E-state index contributed by atoms with van der Waals surface area (Å²) in [6, 6.07) is 11.4. The topological polar surface area (TPSA) is 15.3 Å². The van der Waals surface area contributed by atoms with Gasteiger partial charge in [0.1, 0.15) is 0 Å². The zero-order valence-corrected chi connectivity index (χ0v) is 14.5. The van der Waals surface area contributed by atoms with Crippen molar-refractivity contribution < 1.29 is 0 Å². The van der Waals surface area contributed by atoms with Gasteiger partial charge in [0.15, 0.2) is 0 Å². The summed E-state index contributed by atoms with van der Waals surface area (Å²) in [5, 5.41) is 4.52. The number of benzene rings is 1. The molecule has 21 heavy (non-hydrogen) atoms. The van der Waals surface area contributed by atoms with Crippen LogP contribution in [-0.4, -0.2) is 42.1 Å². The zero-order chi connectivity index (χ0) is 15.1. The molecule has 1 fully saturated rings. The maximum Gasteiger partial charge on any atom is 0.0358 e. The minimum absolute atomic E-state index is 0.464. The van der Waals surface area contributed by atoms with Crippen LogP contribution in [0.4, 0.5) is 0 Å². The molecule has 3 unspecified atom stereocenters. The molecule has 0 aliphatic carbocycles. The second-order valence-corrected chi connectivity index (χ2v) is 7.49. The van der Waals surface area contributed by atoms with Gasteiger partial charge in [0.05, 0.1) is 0 Å². The lowest BCUT2D eigenvalue weighted by Gasteiger charge is -2.36. The Morgan fingerprint density at radius 1 is 1.29 bits per heavy atom. The SMILES string of the molecule is CCNC(c1ccccc1)C(C)CN1CCSC(CC)C1. The zero-order valence-electron chi connectivity index (χ0n) is 13.7. The van der Waals surface area contributed by atoms with Gasteiger partial charge in [-0.15, -0.1) is 0 Å². The molecule has 1 aliphatic rings. The third-order valence-electron chi connectivity index (χ3n) is 4.38. The second-order valence-electron chi connectivity index (χ2n) is 6.08. The Kier molecular flexibility index (Phi) is 7.08. The number of nitrogens with one attached hydrogen (secondary N) is 1. The molecule has 0 saturated carbocycles. The van der Waals surface area contributed by atoms with Crippen molar-refractivity contribution in [1.82, 2.24) is 10.2 Å². The first-order valence-electron chi connectivity index (χ1n) is 8.36. The molecule has 0 aromatic heterocycles. The van der Waals surface area contributed by atoms with Crippen LogP contribution in [0.1, 0.15) is 38.8 Å². The molecule has 2 rings (SSSR count). The molecule has 0 bridgehead atoms. The normalized spacial score (nSPS) is 22.9. The van der Waals surface area contributed by atoms with E-state index in [1.54, 1.807) is 0 Å². The van der Waals surface area contributed by atoms with Crippen LogP contribution in [0.2, 0.25) is 0 Å². The Morgan fingerprint density at radius 3 is 2.71 bits per heavy atom. The number of rotatable bonds is 7. The van der Waals surface area contributed by atoms with Gasteiger partial charge in [-0.25, -0.2) is 0 Å². The molecule has 3 atom stereocenters. The molecule has 0 radical (unpaired) electrons. The lowest BCUT2D eigenvalue weighted by atomic mass is 9.93. The van der Waals surface area contributed by atoms with Gasteiger partial charge in [-0.2, -0.15) is 11.8 Å². The lowest BCUT2D eigenvalue weighted by molar-refractivity contribution is 0.216. The summed E-state index contributed by atoms with van der Waals surface area (Å²) in [6.45, 7) is 11.6. The third kappa shape index (κ3) is 5.01. The average Bonchev–Trinajstić information content (AvgIpc) is 2.53. The minimum atomic E-state index is 0.464. The average molecular weight is 307 g/mol. The summed E-state index contributed by atoms with van der Waals surface area (Å²) < 4.78 is 0. The Morgan fingerprint density at radius 2 is 2.05 bits per heavy atom. The Balaban J connectivity index is 1.97. The Labute approximate surface area is 134 Å². The maximum absolute atomic E-state index is 3.68. The standard InChI is InChI=1S/C18H30N2S/c1-4-17-14-20(11-12-21-17)13-15(3)18(19-5-2)16-9-7-6-8-10-16/h6-10,15,17-19H,4-5,11-14H2,1-3H3. The fraction of sp³-hybridized carbons (Fsp3) is 0.667. The fourth-order valence-corrected chi connectivity index (χ4v) is 4.48. The van der Waals surface area contributed by atoms with Gasteiger partial charge in [-0.05, 0) is 24.4 Å². The predicted molar refractivity (Wildman–Crippen MR) is 95.0 cm³/mol. The van der Waals surface area contributed by atoms with Crippen LogP contribution in [0.3, 0.4) is 0 Å². The van der Waals surface area contributed by atoms with Crippen LogP contribution in [0, 0.1) is 5.92 Å². The van der Waals surface area contributed by atoms with E-state index in [1.165, 1.54) is 37.4 Å². The van der Waals surface area contributed by atoms with Crippen LogP contribution in [-0.2, 0) is 0 Å². The quantitative estimate of drug-likeness (QED) is 0.825. The highest BCUT2D eigenvalue weighted by Crippen LogP contribution is 2.26.